The van der Waals surface area contributed by atoms with E-state index < -0.39 is 28.5 Å². The molecule has 2 amide bonds. The van der Waals surface area contributed by atoms with E-state index in [1.165, 1.54) is 42.3 Å². The molecule has 0 aliphatic heterocycles. The van der Waals surface area contributed by atoms with Crippen LogP contribution in [0.3, 0.4) is 0 Å². The highest BCUT2D eigenvalue weighted by molar-refractivity contribution is 7.92. The Morgan fingerprint density at radius 1 is 0.975 bits per heavy atom. The van der Waals surface area contributed by atoms with Gasteiger partial charge in [-0.3, -0.25) is 13.9 Å². The van der Waals surface area contributed by atoms with Crippen LogP contribution in [0.25, 0.3) is 0 Å². The van der Waals surface area contributed by atoms with Crippen LogP contribution in [0.2, 0.25) is 5.02 Å². The Labute approximate surface area is 241 Å². The van der Waals surface area contributed by atoms with Gasteiger partial charge in [-0.2, -0.15) is 0 Å². The van der Waals surface area contributed by atoms with Crippen molar-refractivity contribution in [3.8, 4) is 5.75 Å². The summed E-state index contributed by atoms with van der Waals surface area (Å²) < 4.78 is 34.0. The van der Waals surface area contributed by atoms with Gasteiger partial charge in [-0.1, -0.05) is 55.8 Å². The van der Waals surface area contributed by atoms with E-state index in [4.69, 9.17) is 16.3 Å². The Balaban J connectivity index is 2.03. The molecule has 0 aliphatic carbocycles. The summed E-state index contributed by atoms with van der Waals surface area (Å²) in [6.45, 7) is 7.58. The van der Waals surface area contributed by atoms with Crippen molar-refractivity contribution in [3.05, 3.63) is 88.9 Å². The third kappa shape index (κ3) is 7.76. The van der Waals surface area contributed by atoms with Crippen LogP contribution in [0.15, 0.2) is 77.7 Å². The molecule has 10 heteroatoms. The number of hydrogen-bond donors (Lipinski definition) is 1. The predicted octanol–water partition coefficient (Wildman–Crippen LogP) is 5.04. The van der Waals surface area contributed by atoms with Crippen molar-refractivity contribution < 1.29 is 22.7 Å². The second-order valence-electron chi connectivity index (χ2n) is 9.93. The summed E-state index contributed by atoms with van der Waals surface area (Å²) >= 11 is 6.21. The van der Waals surface area contributed by atoms with Crippen LogP contribution < -0.4 is 14.4 Å². The lowest BCUT2D eigenvalue weighted by molar-refractivity contribution is -0.139. The number of anilines is 1. The zero-order valence-corrected chi connectivity index (χ0v) is 25.0. The monoisotopic (exact) mass is 585 g/mol. The summed E-state index contributed by atoms with van der Waals surface area (Å²) in [6, 6.07) is 18.9. The molecule has 1 atom stereocenters. The molecule has 8 nitrogen and oxygen atoms in total. The number of methoxy groups -OCH3 is 1. The van der Waals surface area contributed by atoms with E-state index in [0.29, 0.717) is 17.3 Å². The molecular weight excluding hydrogens is 550 g/mol. The van der Waals surface area contributed by atoms with Gasteiger partial charge < -0.3 is 15.0 Å². The molecule has 1 unspecified atom stereocenters. The fourth-order valence-corrected chi connectivity index (χ4v) is 5.63. The van der Waals surface area contributed by atoms with Crippen molar-refractivity contribution in [2.24, 2.45) is 5.92 Å². The molecule has 214 valence electrons. The fourth-order valence-electron chi connectivity index (χ4n) is 4.04. The van der Waals surface area contributed by atoms with Gasteiger partial charge in [-0.05, 0) is 73.4 Å². The topological polar surface area (TPSA) is 96.0 Å². The summed E-state index contributed by atoms with van der Waals surface area (Å²) in [5, 5.41) is 3.20. The largest absolute Gasteiger partial charge is 0.497 e. The molecule has 0 saturated carbocycles. The summed E-state index contributed by atoms with van der Waals surface area (Å²) in [5.74, 6) is -0.130. The van der Waals surface area contributed by atoms with Crippen molar-refractivity contribution in [3.63, 3.8) is 0 Å². The standard InChI is InChI=1S/C30H36ClN3O5S/c1-21(2)18-32-30(36)23(4)33(19-24-10-7-6-9-22(24)3)29(35)20-34(26-12-8-11-25(31)17-26)40(37,38)28-15-13-27(39-5)14-16-28/h6-17,21,23H,18-20H2,1-5H3,(H,32,36). The molecule has 3 rings (SSSR count). The zero-order chi connectivity index (χ0) is 29.4. The summed E-state index contributed by atoms with van der Waals surface area (Å²) in [4.78, 5) is 28.5. The summed E-state index contributed by atoms with van der Waals surface area (Å²) in [7, 11) is -2.71. The Morgan fingerprint density at radius 3 is 2.25 bits per heavy atom. The van der Waals surface area contributed by atoms with Crippen LogP contribution in [0.1, 0.15) is 31.9 Å². The van der Waals surface area contributed by atoms with Crippen molar-refractivity contribution in [2.45, 2.75) is 45.2 Å². The second-order valence-corrected chi connectivity index (χ2v) is 12.2. The highest BCUT2D eigenvalue weighted by Gasteiger charge is 2.33. The molecular formula is C30H36ClN3O5S. The van der Waals surface area contributed by atoms with Crippen molar-refractivity contribution >= 4 is 39.1 Å². The molecule has 40 heavy (non-hydrogen) atoms. The quantitative estimate of drug-likeness (QED) is 0.321. The summed E-state index contributed by atoms with van der Waals surface area (Å²) in [5.41, 5.74) is 2.03. The van der Waals surface area contributed by atoms with Gasteiger partial charge in [0, 0.05) is 18.1 Å². The van der Waals surface area contributed by atoms with Gasteiger partial charge in [0.05, 0.1) is 17.7 Å². The third-order valence-electron chi connectivity index (χ3n) is 6.48. The lowest BCUT2D eigenvalue weighted by Crippen LogP contribution is -2.51. The van der Waals surface area contributed by atoms with Gasteiger partial charge in [0.2, 0.25) is 11.8 Å². The van der Waals surface area contributed by atoms with Crippen LogP contribution in [-0.2, 0) is 26.2 Å². The highest BCUT2D eigenvalue weighted by Crippen LogP contribution is 2.28. The minimum Gasteiger partial charge on any atom is -0.497 e. The number of amides is 2. The van der Waals surface area contributed by atoms with E-state index in [1.807, 2.05) is 45.0 Å². The first kappa shape index (κ1) is 31.0. The number of nitrogens with one attached hydrogen (secondary N) is 1. The number of halogens is 1. The number of hydrogen-bond acceptors (Lipinski definition) is 5. The van der Waals surface area contributed by atoms with Crippen LogP contribution in [-0.4, -0.2) is 51.4 Å². The molecule has 0 bridgehead atoms. The average Bonchev–Trinajstić information content (AvgIpc) is 2.93. The van der Waals surface area contributed by atoms with E-state index in [9.17, 15) is 18.0 Å². The SMILES string of the molecule is COc1ccc(S(=O)(=O)N(CC(=O)N(Cc2ccccc2C)C(C)C(=O)NCC(C)C)c2cccc(Cl)c2)cc1. The minimum atomic E-state index is -4.20. The Bertz CT molecular complexity index is 1430. The maximum absolute atomic E-state index is 14.0. The number of nitrogens with zero attached hydrogens (tertiary/aromatic N) is 2. The molecule has 0 fully saturated rings. The smallest absolute Gasteiger partial charge is 0.264 e. The van der Waals surface area contributed by atoms with Gasteiger partial charge in [0.25, 0.3) is 10.0 Å². The van der Waals surface area contributed by atoms with Crippen LogP contribution in [0, 0.1) is 12.8 Å². The van der Waals surface area contributed by atoms with Crippen LogP contribution in [0.5, 0.6) is 5.75 Å². The predicted molar refractivity (Wildman–Crippen MR) is 158 cm³/mol. The Morgan fingerprint density at radius 2 is 1.65 bits per heavy atom. The molecule has 0 radical (unpaired) electrons. The molecule has 3 aromatic rings. The lowest BCUT2D eigenvalue weighted by Gasteiger charge is -2.32. The van der Waals surface area contributed by atoms with Crippen molar-refractivity contribution in [1.29, 1.82) is 0 Å². The van der Waals surface area contributed by atoms with Crippen LogP contribution >= 0.6 is 11.6 Å². The first-order valence-corrected chi connectivity index (χ1v) is 14.8. The molecule has 0 saturated heterocycles. The van der Waals surface area contributed by atoms with E-state index in [2.05, 4.69) is 5.32 Å². The van der Waals surface area contributed by atoms with Gasteiger partial charge in [-0.15, -0.1) is 0 Å². The normalized spacial score (nSPS) is 12.1. The number of carbonyl (C=O) groups is 2. The van der Waals surface area contributed by atoms with E-state index in [0.717, 1.165) is 15.4 Å². The maximum Gasteiger partial charge on any atom is 0.264 e. The summed E-state index contributed by atoms with van der Waals surface area (Å²) in [6.07, 6.45) is 0. The molecule has 0 aliphatic rings. The van der Waals surface area contributed by atoms with Gasteiger partial charge in [0.1, 0.15) is 18.3 Å². The number of carbonyl (C=O) groups excluding carboxylic acids is 2. The third-order valence-corrected chi connectivity index (χ3v) is 8.50. The lowest BCUT2D eigenvalue weighted by atomic mass is 10.1. The first-order valence-electron chi connectivity index (χ1n) is 13.0. The number of ether oxygens (including phenoxy) is 1. The Kier molecular flexibility index (Phi) is 10.6. The molecule has 0 spiro atoms. The maximum atomic E-state index is 14.0. The number of sulfonamides is 1. The molecule has 0 aromatic heterocycles. The van der Waals surface area contributed by atoms with Gasteiger partial charge in [-0.25, -0.2) is 8.42 Å². The van der Waals surface area contributed by atoms with Gasteiger partial charge in [0.15, 0.2) is 0 Å². The number of benzene rings is 3. The first-order chi connectivity index (χ1) is 18.9. The number of rotatable bonds is 12. The average molecular weight is 586 g/mol. The molecule has 0 heterocycles. The van der Waals surface area contributed by atoms with E-state index in [1.54, 1.807) is 25.1 Å². The molecule has 3 aromatic carbocycles. The second kappa shape index (κ2) is 13.7. The van der Waals surface area contributed by atoms with E-state index >= 15 is 0 Å². The van der Waals surface area contributed by atoms with Crippen molar-refractivity contribution in [1.82, 2.24) is 10.2 Å². The minimum absolute atomic E-state index is 0.0192. The Hall–Kier alpha value is -3.56. The number of aryl methyl sites for hydroxylation is 1. The zero-order valence-electron chi connectivity index (χ0n) is 23.4. The van der Waals surface area contributed by atoms with Gasteiger partial charge >= 0.3 is 0 Å². The van der Waals surface area contributed by atoms with Crippen LogP contribution in [0.4, 0.5) is 5.69 Å². The van der Waals surface area contributed by atoms with E-state index in [-0.39, 0.29) is 29.0 Å². The fraction of sp³-hybridized carbons (Fsp3) is 0.333. The molecule has 1 N–H and O–H groups in total. The van der Waals surface area contributed by atoms with Crippen molar-refractivity contribution in [2.75, 3.05) is 24.5 Å². The highest BCUT2D eigenvalue weighted by atomic mass is 35.5.